The van der Waals surface area contributed by atoms with Gasteiger partial charge in [-0.05, 0) is 31.7 Å². The van der Waals surface area contributed by atoms with Crippen molar-refractivity contribution in [2.45, 2.75) is 44.4 Å². The van der Waals surface area contributed by atoms with Gasteiger partial charge in [-0.25, -0.2) is 0 Å². The van der Waals surface area contributed by atoms with Crippen LogP contribution >= 0.6 is 0 Å². The molecule has 20 heavy (non-hydrogen) atoms. The van der Waals surface area contributed by atoms with Crippen LogP contribution in [0.3, 0.4) is 0 Å². The Hall–Kier alpha value is -1.79. The maximum absolute atomic E-state index is 12.7. The van der Waals surface area contributed by atoms with Gasteiger partial charge in [-0.15, -0.1) is 0 Å². The molecule has 7 heteroatoms. The molecule has 4 nitrogen and oxygen atoms in total. The molecule has 0 aliphatic heterocycles. The van der Waals surface area contributed by atoms with Gasteiger partial charge in [0.05, 0.1) is 22.7 Å². The molecule has 1 aliphatic carbocycles. The molecule has 0 bridgehead atoms. The molecule has 0 spiro atoms. The largest absolute Gasteiger partial charge is 0.490 e. The van der Waals surface area contributed by atoms with Crippen LogP contribution in [0.25, 0.3) is 0 Å². The zero-order chi connectivity index (χ0) is 14.8. The summed E-state index contributed by atoms with van der Waals surface area (Å²) in [6.45, 7) is 0. The second-order valence-electron chi connectivity index (χ2n) is 4.85. The van der Waals surface area contributed by atoms with Crippen molar-refractivity contribution in [3.8, 4) is 5.75 Å². The maximum atomic E-state index is 12.7. The average molecular weight is 289 g/mol. The van der Waals surface area contributed by atoms with Gasteiger partial charge in [-0.1, -0.05) is 6.42 Å². The zero-order valence-electron chi connectivity index (χ0n) is 10.7. The summed E-state index contributed by atoms with van der Waals surface area (Å²) in [5.74, 6) is -0.0848. The van der Waals surface area contributed by atoms with Crippen LogP contribution in [0.1, 0.15) is 37.7 Å². The summed E-state index contributed by atoms with van der Waals surface area (Å²) in [4.78, 5) is 9.86. The lowest BCUT2D eigenvalue weighted by atomic mass is 9.98. The fraction of sp³-hybridized carbons (Fsp3) is 0.538. The highest BCUT2D eigenvalue weighted by Gasteiger charge is 2.33. The van der Waals surface area contributed by atoms with Crippen LogP contribution in [0.15, 0.2) is 18.2 Å². The molecule has 1 aliphatic rings. The molecule has 0 heterocycles. The van der Waals surface area contributed by atoms with Gasteiger partial charge < -0.3 is 4.74 Å². The number of hydrogen-bond donors (Lipinski definition) is 0. The van der Waals surface area contributed by atoms with Gasteiger partial charge in [0.25, 0.3) is 5.69 Å². The van der Waals surface area contributed by atoms with Crippen LogP contribution < -0.4 is 4.74 Å². The molecule has 1 aromatic carbocycles. The zero-order valence-corrected chi connectivity index (χ0v) is 10.7. The monoisotopic (exact) mass is 289 g/mol. The van der Waals surface area contributed by atoms with Gasteiger partial charge >= 0.3 is 6.18 Å². The Bertz CT molecular complexity index is 496. The third-order valence-electron chi connectivity index (χ3n) is 3.28. The minimum absolute atomic E-state index is 0.0848. The van der Waals surface area contributed by atoms with Crippen LogP contribution in [-0.4, -0.2) is 11.0 Å². The van der Waals surface area contributed by atoms with Crippen LogP contribution in [0.2, 0.25) is 0 Å². The lowest BCUT2D eigenvalue weighted by Gasteiger charge is -2.23. The number of non-ortho nitro benzene ring substituents is 1. The van der Waals surface area contributed by atoms with E-state index in [9.17, 15) is 23.3 Å². The first-order valence-electron chi connectivity index (χ1n) is 6.39. The second kappa shape index (κ2) is 5.68. The average Bonchev–Trinajstić information content (AvgIpc) is 2.38. The Balaban J connectivity index is 2.26. The van der Waals surface area contributed by atoms with E-state index in [1.165, 1.54) is 0 Å². The standard InChI is InChI=1S/C13H14F3NO3/c14-13(15,16)9-6-10(17(18)19)8-12(7-9)20-11-4-2-1-3-5-11/h6-8,11H,1-5H2. The maximum Gasteiger partial charge on any atom is 0.416 e. The van der Waals surface area contributed by atoms with Gasteiger partial charge in [-0.3, -0.25) is 10.1 Å². The fourth-order valence-corrected chi connectivity index (χ4v) is 2.30. The van der Waals surface area contributed by atoms with Crippen LogP contribution in [0.5, 0.6) is 5.75 Å². The summed E-state index contributed by atoms with van der Waals surface area (Å²) in [6.07, 6.45) is -0.239. The Labute approximate surface area is 113 Å². The number of halogens is 3. The third kappa shape index (κ3) is 3.61. The van der Waals surface area contributed by atoms with E-state index >= 15 is 0 Å². The molecule has 0 unspecified atom stereocenters. The minimum atomic E-state index is -4.63. The highest BCUT2D eigenvalue weighted by atomic mass is 19.4. The molecule has 0 N–H and O–H groups in total. The number of hydrogen-bond acceptors (Lipinski definition) is 3. The third-order valence-corrected chi connectivity index (χ3v) is 3.28. The van der Waals surface area contributed by atoms with Crippen LogP contribution in [0, 0.1) is 10.1 Å². The summed E-state index contributed by atoms with van der Waals surface area (Å²) in [5.41, 5.74) is -1.66. The smallest absolute Gasteiger partial charge is 0.416 e. The summed E-state index contributed by atoms with van der Waals surface area (Å²) in [5, 5.41) is 10.7. The van der Waals surface area contributed by atoms with E-state index in [1.807, 2.05) is 0 Å². The molecule has 2 rings (SSSR count). The molecule has 1 aromatic rings. The number of nitrogens with zero attached hydrogens (tertiary/aromatic N) is 1. The Morgan fingerprint density at radius 2 is 1.80 bits per heavy atom. The van der Waals surface area contributed by atoms with Gasteiger partial charge in [0.2, 0.25) is 0 Å². The van der Waals surface area contributed by atoms with E-state index in [2.05, 4.69) is 0 Å². The molecule has 0 atom stereocenters. The lowest BCUT2D eigenvalue weighted by Crippen LogP contribution is -2.20. The van der Waals surface area contributed by atoms with E-state index in [0.717, 1.165) is 44.2 Å². The summed E-state index contributed by atoms with van der Waals surface area (Å²) in [6, 6.07) is 2.39. The molecular weight excluding hydrogens is 275 g/mol. The van der Waals surface area contributed by atoms with Crippen molar-refractivity contribution in [3.63, 3.8) is 0 Å². The quantitative estimate of drug-likeness (QED) is 0.615. The predicted molar refractivity (Wildman–Crippen MR) is 65.6 cm³/mol. The highest BCUT2D eigenvalue weighted by Crippen LogP contribution is 2.35. The van der Waals surface area contributed by atoms with E-state index in [4.69, 9.17) is 4.74 Å². The van der Waals surface area contributed by atoms with Crippen molar-refractivity contribution in [3.05, 3.63) is 33.9 Å². The Morgan fingerprint density at radius 1 is 1.15 bits per heavy atom. The first-order chi connectivity index (χ1) is 9.36. The first-order valence-corrected chi connectivity index (χ1v) is 6.39. The summed E-state index contributed by atoms with van der Waals surface area (Å²) < 4.78 is 43.6. The molecule has 1 saturated carbocycles. The van der Waals surface area contributed by atoms with Crippen molar-refractivity contribution in [1.29, 1.82) is 0 Å². The van der Waals surface area contributed by atoms with Crippen molar-refractivity contribution in [2.24, 2.45) is 0 Å². The number of benzene rings is 1. The second-order valence-corrected chi connectivity index (χ2v) is 4.85. The molecule has 0 aromatic heterocycles. The van der Waals surface area contributed by atoms with Crippen molar-refractivity contribution >= 4 is 5.69 Å². The van der Waals surface area contributed by atoms with Crippen LogP contribution in [0.4, 0.5) is 18.9 Å². The molecule has 1 fully saturated rings. The van der Waals surface area contributed by atoms with E-state index in [1.54, 1.807) is 0 Å². The van der Waals surface area contributed by atoms with E-state index in [0.29, 0.717) is 6.07 Å². The lowest BCUT2D eigenvalue weighted by molar-refractivity contribution is -0.385. The van der Waals surface area contributed by atoms with E-state index in [-0.39, 0.29) is 11.9 Å². The molecule has 0 saturated heterocycles. The van der Waals surface area contributed by atoms with E-state index < -0.39 is 22.4 Å². The van der Waals surface area contributed by atoms with Gasteiger partial charge in [-0.2, -0.15) is 13.2 Å². The Morgan fingerprint density at radius 3 is 2.35 bits per heavy atom. The number of ether oxygens (including phenoxy) is 1. The van der Waals surface area contributed by atoms with Crippen LogP contribution in [-0.2, 0) is 6.18 Å². The predicted octanol–water partition coefficient (Wildman–Crippen LogP) is 4.33. The van der Waals surface area contributed by atoms with Crippen molar-refractivity contribution in [2.75, 3.05) is 0 Å². The number of nitro benzene ring substituents is 1. The fourth-order valence-electron chi connectivity index (χ4n) is 2.30. The van der Waals surface area contributed by atoms with Gasteiger partial charge in [0.15, 0.2) is 0 Å². The number of alkyl halides is 3. The molecular formula is C13H14F3NO3. The molecule has 0 radical (unpaired) electrons. The van der Waals surface area contributed by atoms with Crippen molar-refractivity contribution in [1.82, 2.24) is 0 Å². The topological polar surface area (TPSA) is 52.4 Å². The van der Waals surface area contributed by atoms with Gasteiger partial charge in [0, 0.05) is 6.07 Å². The summed E-state index contributed by atoms with van der Waals surface area (Å²) in [7, 11) is 0. The minimum Gasteiger partial charge on any atom is -0.490 e. The van der Waals surface area contributed by atoms with Gasteiger partial charge in [0.1, 0.15) is 5.75 Å². The first kappa shape index (κ1) is 14.6. The molecule has 0 amide bonds. The molecule has 110 valence electrons. The number of rotatable bonds is 3. The normalized spacial score (nSPS) is 16.9. The summed E-state index contributed by atoms with van der Waals surface area (Å²) >= 11 is 0. The highest BCUT2D eigenvalue weighted by molar-refractivity contribution is 5.44. The SMILES string of the molecule is O=[N+]([O-])c1cc(OC2CCCCC2)cc(C(F)(F)F)c1. The van der Waals surface area contributed by atoms with Crippen molar-refractivity contribution < 1.29 is 22.8 Å². The Kier molecular flexibility index (Phi) is 4.15. The number of nitro groups is 1.